The van der Waals surface area contributed by atoms with E-state index in [2.05, 4.69) is 19.2 Å². The number of amides is 1. The molecule has 0 spiro atoms. The molecular weight excluding hydrogens is 804 g/mol. The number of phosphoric ester groups is 1. The molecule has 8 nitrogen and oxygen atoms in total. The highest BCUT2D eigenvalue weighted by Gasteiger charge is 2.24. The predicted molar refractivity (Wildman–Crippen MR) is 270 cm³/mol. The summed E-state index contributed by atoms with van der Waals surface area (Å²) in [5.74, 6) is -0.158. The highest BCUT2D eigenvalue weighted by Crippen LogP contribution is 2.38. The average molecular weight is 915 g/mol. The maximum absolute atomic E-state index is 12.9. The van der Waals surface area contributed by atoms with Gasteiger partial charge in [-0.1, -0.05) is 271 Å². The van der Waals surface area contributed by atoms with Gasteiger partial charge in [-0.05, 0) is 12.8 Å². The second-order valence-corrected chi connectivity index (χ2v) is 22.1. The number of hydrogen-bond donors (Lipinski definition) is 2. The van der Waals surface area contributed by atoms with Crippen LogP contribution in [0.1, 0.15) is 290 Å². The van der Waals surface area contributed by atoms with E-state index < -0.39 is 20.0 Å². The fourth-order valence-corrected chi connectivity index (χ4v) is 9.41. The minimum absolute atomic E-state index is 0.0165. The third-order valence-corrected chi connectivity index (χ3v) is 14.1. The highest BCUT2D eigenvalue weighted by molar-refractivity contribution is 7.45. The van der Waals surface area contributed by atoms with Crippen molar-refractivity contribution in [3.05, 3.63) is 0 Å². The normalized spacial score (nSPS) is 14.0. The van der Waals surface area contributed by atoms with E-state index in [0.717, 1.165) is 38.5 Å². The molecule has 0 aliphatic heterocycles. The van der Waals surface area contributed by atoms with Gasteiger partial charge in [0.05, 0.1) is 39.9 Å². The molecule has 0 aliphatic rings. The van der Waals surface area contributed by atoms with Crippen LogP contribution in [0.2, 0.25) is 0 Å². The zero-order chi connectivity index (χ0) is 46.4. The van der Waals surface area contributed by atoms with Crippen LogP contribution in [-0.2, 0) is 18.4 Å². The Labute approximate surface area is 393 Å². The first-order chi connectivity index (χ1) is 30.5. The zero-order valence-corrected chi connectivity index (χ0v) is 44.0. The number of phosphoric acid groups is 1. The van der Waals surface area contributed by atoms with Gasteiger partial charge in [-0.25, -0.2) is 0 Å². The van der Waals surface area contributed by atoms with Gasteiger partial charge in [0.1, 0.15) is 13.2 Å². The summed E-state index contributed by atoms with van der Waals surface area (Å²) in [4.78, 5) is 25.5. The molecule has 3 atom stereocenters. The summed E-state index contributed by atoms with van der Waals surface area (Å²) < 4.78 is 23.4. The van der Waals surface area contributed by atoms with Crippen LogP contribution in [0.5, 0.6) is 0 Å². The summed E-state index contributed by atoms with van der Waals surface area (Å²) in [6, 6.07) is -0.794. The number of rotatable bonds is 52. The van der Waals surface area contributed by atoms with Gasteiger partial charge in [0, 0.05) is 6.42 Å². The minimum atomic E-state index is -4.56. The molecule has 1 amide bonds. The Morgan fingerprint density at radius 2 is 0.778 bits per heavy atom. The number of nitrogens with zero attached hydrogens (tertiary/aromatic N) is 1. The number of unbranched alkanes of at least 4 members (excludes halogenated alkanes) is 39. The van der Waals surface area contributed by atoms with Crippen molar-refractivity contribution in [2.45, 2.75) is 302 Å². The van der Waals surface area contributed by atoms with Gasteiger partial charge in [-0.3, -0.25) is 9.36 Å². The second kappa shape index (κ2) is 46.6. The lowest BCUT2D eigenvalue weighted by molar-refractivity contribution is -0.870. The Hall–Kier alpha value is -0.500. The van der Waals surface area contributed by atoms with Crippen molar-refractivity contribution in [3.8, 4) is 0 Å². The first kappa shape index (κ1) is 62.5. The van der Waals surface area contributed by atoms with Gasteiger partial charge in [0.25, 0.3) is 7.82 Å². The van der Waals surface area contributed by atoms with Gasteiger partial charge in [-0.15, -0.1) is 0 Å². The standard InChI is InChI=1S/C54H111N2O6P/c1-6-8-10-12-14-16-18-20-22-23-24-25-26-27-28-29-30-31-32-34-35-37-39-41-43-45-47-53(57)52(51-62-63(59,60)61-50-49-56(3,4)5)55-54(58)48-46-44-42-40-38-36-33-21-19-17-15-13-11-9-7-2/h52-53,57H,6-51H2,1-5H3,(H-,55,58,59,60). The summed E-state index contributed by atoms with van der Waals surface area (Å²) in [6.45, 7) is 4.77. The van der Waals surface area contributed by atoms with E-state index in [9.17, 15) is 19.4 Å². The van der Waals surface area contributed by atoms with Gasteiger partial charge >= 0.3 is 0 Å². The average Bonchev–Trinajstić information content (AvgIpc) is 3.24. The molecule has 3 unspecified atom stereocenters. The van der Waals surface area contributed by atoms with Crippen LogP contribution in [0.4, 0.5) is 0 Å². The summed E-state index contributed by atoms with van der Waals surface area (Å²) in [5, 5.41) is 14.0. The van der Waals surface area contributed by atoms with Gasteiger partial charge in [0.2, 0.25) is 5.91 Å². The van der Waals surface area contributed by atoms with E-state index in [1.807, 2.05) is 21.1 Å². The number of aliphatic hydroxyl groups is 1. The van der Waals surface area contributed by atoms with Crippen molar-refractivity contribution in [1.29, 1.82) is 0 Å². The number of quaternary nitrogens is 1. The molecular formula is C54H111N2O6P. The Bertz CT molecular complexity index is 994. The van der Waals surface area contributed by atoms with Crippen LogP contribution in [0, 0.1) is 0 Å². The Morgan fingerprint density at radius 1 is 0.492 bits per heavy atom. The zero-order valence-electron chi connectivity index (χ0n) is 43.1. The number of hydrogen-bond acceptors (Lipinski definition) is 6. The third kappa shape index (κ3) is 49.2. The molecule has 63 heavy (non-hydrogen) atoms. The maximum Gasteiger partial charge on any atom is 0.268 e. The predicted octanol–water partition coefficient (Wildman–Crippen LogP) is 15.9. The maximum atomic E-state index is 12.9. The van der Waals surface area contributed by atoms with Gasteiger partial charge < -0.3 is 28.8 Å². The summed E-state index contributed by atoms with van der Waals surface area (Å²) in [5.41, 5.74) is 0. The molecule has 2 N–H and O–H groups in total. The van der Waals surface area contributed by atoms with E-state index in [1.54, 1.807) is 0 Å². The number of carbonyl (C=O) groups excluding carboxylic acids is 1. The molecule has 0 fully saturated rings. The monoisotopic (exact) mass is 915 g/mol. The molecule has 0 bridgehead atoms. The summed E-state index contributed by atoms with van der Waals surface area (Å²) in [6.07, 6.45) is 54.1. The molecule has 0 aromatic heterocycles. The number of carbonyl (C=O) groups is 1. The largest absolute Gasteiger partial charge is 0.756 e. The Morgan fingerprint density at radius 3 is 1.08 bits per heavy atom. The molecule has 0 aliphatic carbocycles. The topological polar surface area (TPSA) is 108 Å². The van der Waals surface area contributed by atoms with E-state index in [0.29, 0.717) is 23.9 Å². The van der Waals surface area contributed by atoms with Crippen molar-refractivity contribution >= 4 is 13.7 Å². The molecule has 0 rings (SSSR count). The molecule has 0 saturated heterocycles. The van der Waals surface area contributed by atoms with Gasteiger partial charge in [-0.2, -0.15) is 0 Å². The van der Waals surface area contributed by atoms with Crippen molar-refractivity contribution in [2.75, 3.05) is 40.9 Å². The first-order valence-corrected chi connectivity index (χ1v) is 29.3. The van der Waals surface area contributed by atoms with Crippen LogP contribution in [-0.4, -0.2) is 68.5 Å². The first-order valence-electron chi connectivity index (χ1n) is 27.9. The lowest BCUT2D eigenvalue weighted by Crippen LogP contribution is -2.46. The van der Waals surface area contributed by atoms with E-state index >= 15 is 0 Å². The molecule has 0 aromatic carbocycles. The highest BCUT2D eigenvalue weighted by atomic mass is 31.2. The van der Waals surface area contributed by atoms with Crippen LogP contribution >= 0.6 is 7.82 Å². The number of aliphatic hydroxyl groups excluding tert-OH is 1. The van der Waals surface area contributed by atoms with Crippen molar-refractivity contribution in [1.82, 2.24) is 5.32 Å². The molecule has 0 saturated carbocycles. The van der Waals surface area contributed by atoms with E-state index in [-0.39, 0.29) is 19.1 Å². The van der Waals surface area contributed by atoms with E-state index in [1.165, 1.54) is 225 Å². The SMILES string of the molecule is CCCCCCCCCCCCCCCCCCCCCCCCCCCCC(O)C(COP(=O)([O-])OCC[N+](C)(C)C)NC(=O)CCCCCCCCCCCCCCCCC. The lowest BCUT2D eigenvalue weighted by Gasteiger charge is -2.30. The smallest absolute Gasteiger partial charge is 0.268 e. The number of nitrogens with one attached hydrogen (secondary N) is 1. The lowest BCUT2D eigenvalue weighted by atomic mass is 10.0. The molecule has 0 heterocycles. The Balaban J connectivity index is 4.10. The van der Waals surface area contributed by atoms with Crippen molar-refractivity contribution in [2.24, 2.45) is 0 Å². The fourth-order valence-electron chi connectivity index (χ4n) is 8.69. The second-order valence-electron chi connectivity index (χ2n) is 20.7. The summed E-state index contributed by atoms with van der Waals surface area (Å²) >= 11 is 0. The number of likely N-dealkylation sites (N-methyl/N-ethyl adjacent to an activating group) is 1. The third-order valence-electron chi connectivity index (χ3n) is 13.1. The van der Waals surface area contributed by atoms with Crippen LogP contribution in [0.25, 0.3) is 0 Å². The fraction of sp³-hybridized carbons (Fsp3) is 0.981. The Kier molecular flexibility index (Phi) is 46.2. The van der Waals surface area contributed by atoms with Gasteiger partial charge in [0.15, 0.2) is 0 Å². The molecule has 9 heteroatoms. The molecule has 0 aromatic rings. The van der Waals surface area contributed by atoms with E-state index in [4.69, 9.17) is 9.05 Å². The minimum Gasteiger partial charge on any atom is -0.756 e. The molecule has 378 valence electrons. The van der Waals surface area contributed by atoms with Crippen molar-refractivity contribution in [3.63, 3.8) is 0 Å². The van der Waals surface area contributed by atoms with Crippen LogP contribution in [0.15, 0.2) is 0 Å². The molecule has 0 radical (unpaired) electrons. The summed E-state index contributed by atoms with van der Waals surface area (Å²) in [7, 11) is 1.32. The van der Waals surface area contributed by atoms with Crippen molar-refractivity contribution < 1.29 is 32.9 Å². The van der Waals surface area contributed by atoms with Crippen LogP contribution < -0.4 is 10.2 Å². The van der Waals surface area contributed by atoms with Crippen LogP contribution in [0.3, 0.4) is 0 Å². The quantitative estimate of drug-likeness (QED) is 0.0357.